The summed E-state index contributed by atoms with van der Waals surface area (Å²) in [5.74, 6) is 1.95. The molecule has 10 aromatic rings. The Morgan fingerprint density at radius 1 is 0.321 bits per heavy atom. The molecule has 2 heterocycles. The second kappa shape index (κ2) is 13.2. The van der Waals surface area contributed by atoms with E-state index in [1.807, 2.05) is 60.7 Å². The van der Waals surface area contributed by atoms with Crippen molar-refractivity contribution < 1.29 is 0 Å². The fourth-order valence-electron chi connectivity index (χ4n) is 7.08. The topological polar surface area (TPSA) is 51.6 Å². The molecule has 0 unspecified atom stereocenters. The van der Waals surface area contributed by atoms with Crippen LogP contribution in [-0.4, -0.2) is 34.4 Å². The van der Waals surface area contributed by atoms with E-state index in [4.69, 9.17) is 19.9 Å². The molecule has 0 aliphatic rings. The van der Waals surface area contributed by atoms with Crippen molar-refractivity contribution in [1.29, 1.82) is 0 Å². The van der Waals surface area contributed by atoms with Crippen molar-refractivity contribution >= 4 is 45.8 Å². The summed E-state index contributed by atoms with van der Waals surface area (Å²) in [5, 5.41) is 4.80. The van der Waals surface area contributed by atoms with Gasteiger partial charge in [-0.25, -0.2) is 0 Å². The number of hydrogen-bond donors (Lipinski definition) is 0. The molecular weight excluding hydrogens is 712 g/mol. The third kappa shape index (κ3) is 5.92. The van der Waals surface area contributed by atoms with Crippen LogP contribution < -0.4 is 0 Å². The van der Waals surface area contributed by atoms with Gasteiger partial charge < -0.3 is 0 Å². The zero-order chi connectivity index (χ0) is 35.1. The molecule has 0 bridgehead atoms. The van der Waals surface area contributed by atoms with Gasteiger partial charge in [-0.15, -0.1) is 0 Å². The minimum absolute atomic E-state index is 0.0872. The second-order valence-corrected chi connectivity index (χ2v) is 15.2. The monoisotopic (exact) mass is 742 g/mol. The third-order valence-corrected chi connectivity index (χ3v) is 12.1. The van der Waals surface area contributed by atoms with Crippen molar-refractivity contribution in [3.63, 3.8) is 0 Å². The van der Waals surface area contributed by atoms with Gasteiger partial charge in [-0.3, -0.25) is 0 Å². The predicted octanol–water partition coefficient (Wildman–Crippen LogP) is 11.8. The van der Waals surface area contributed by atoms with Crippen LogP contribution in [0.15, 0.2) is 182 Å². The predicted molar refractivity (Wildman–Crippen MR) is 220 cm³/mol. The zero-order valence-corrected chi connectivity index (χ0v) is 30.2. The summed E-state index contributed by atoms with van der Waals surface area (Å²) in [6.07, 6.45) is 0. The van der Waals surface area contributed by atoms with Gasteiger partial charge in [0.05, 0.1) is 0 Å². The summed E-state index contributed by atoms with van der Waals surface area (Å²) >= 11 is 0.0872. The second-order valence-electron chi connectivity index (χ2n) is 13.1. The Morgan fingerprint density at radius 3 is 1.60 bits per heavy atom. The molecule has 2 aromatic heterocycles. The van der Waals surface area contributed by atoms with E-state index in [1.165, 1.54) is 41.7 Å². The van der Waals surface area contributed by atoms with Gasteiger partial charge in [0, 0.05) is 0 Å². The first-order valence-electron chi connectivity index (χ1n) is 17.6. The molecule has 0 N–H and O–H groups in total. The molecule has 0 fully saturated rings. The normalized spacial score (nSPS) is 11.4. The molecule has 0 atom stereocenters. The Labute approximate surface area is 312 Å². The van der Waals surface area contributed by atoms with Crippen LogP contribution >= 0.6 is 0 Å². The Balaban J connectivity index is 1.09. The Kier molecular flexibility index (Phi) is 7.79. The van der Waals surface area contributed by atoms with Crippen LogP contribution in [0.1, 0.15) is 0 Å². The molecule has 0 aliphatic heterocycles. The van der Waals surface area contributed by atoms with E-state index < -0.39 is 0 Å². The molecule has 248 valence electrons. The molecule has 0 saturated heterocycles. The molecule has 5 heteroatoms. The van der Waals surface area contributed by atoms with Crippen LogP contribution in [-0.2, 0) is 0 Å². The van der Waals surface area contributed by atoms with Crippen molar-refractivity contribution in [2.45, 2.75) is 0 Å². The van der Waals surface area contributed by atoms with Gasteiger partial charge in [0.1, 0.15) is 0 Å². The van der Waals surface area contributed by atoms with Crippen LogP contribution in [0, 0.1) is 0 Å². The van der Waals surface area contributed by atoms with E-state index in [9.17, 15) is 0 Å². The van der Waals surface area contributed by atoms with E-state index in [2.05, 4.69) is 121 Å². The van der Waals surface area contributed by atoms with E-state index in [0.717, 1.165) is 38.7 Å². The van der Waals surface area contributed by atoms with Gasteiger partial charge >= 0.3 is 254 Å². The van der Waals surface area contributed by atoms with Gasteiger partial charge in [-0.05, 0) is 0 Å². The van der Waals surface area contributed by atoms with Crippen molar-refractivity contribution in [2.24, 2.45) is 0 Å². The number of benzene rings is 8. The van der Waals surface area contributed by atoms with Gasteiger partial charge in [-0.2, -0.15) is 0 Å². The van der Waals surface area contributed by atoms with Crippen molar-refractivity contribution in [2.75, 3.05) is 0 Å². The quantitative estimate of drug-likeness (QED) is 0.159. The molecule has 0 spiro atoms. The van der Waals surface area contributed by atoms with Gasteiger partial charge in [0.25, 0.3) is 0 Å². The summed E-state index contributed by atoms with van der Waals surface area (Å²) in [6, 6.07) is 63.9. The fraction of sp³-hybridized carbons (Fsp3) is 0. The molecule has 10 rings (SSSR count). The molecule has 0 radical (unpaired) electrons. The van der Waals surface area contributed by atoms with Crippen LogP contribution in [0.2, 0.25) is 0 Å². The minimum atomic E-state index is 0.0872. The summed E-state index contributed by atoms with van der Waals surface area (Å²) < 4.78 is 2.51. The van der Waals surface area contributed by atoms with Gasteiger partial charge in [0.15, 0.2) is 0 Å². The maximum absolute atomic E-state index is 5.16. The number of aromatic nitrogens is 4. The van der Waals surface area contributed by atoms with Crippen LogP contribution in [0.3, 0.4) is 0 Å². The van der Waals surface area contributed by atoms with Gasteiger partial charge in [-0.1, -0.05) is 60.7 Å². The molecule has 0 saturated carbocycles. The first-order chi connectivity index (χ1) is 26.2. The molecule has 8 aromatic carbocycles. The Bertz CT molecular complexity index is 2880. The number of rotatable bonds is 6. The maximum atomic E-state index is 5.16. The van der Waals surface area contributed by atoms with Crippen LogP contribution in [0.4, 0.5) is 0 Å². The standard InChI is InChI=1S/C48H30N4Se/c1-4-13-31(14-5-1)34-20-12-21-38(27-34)48-49-43-26-24-36-28-37(23-25-41(36)44(43)53-48)42-30-39(29-35-19-10-11-22-40(35)42)47-51-45(32-15-6-2-7-16-32)50-46(52-47)33-17-8-3-9-18-33/h1-30H. The number of nitrogens with zero attached hydrogens (tertiary/aromatic N) is 4. The van der Waals surface area contributed by atoms with Crippen LogP contribution in [0.5, 0.6) is 0 Å². The molecular formula is C48H30N4Se. The number of fused-ring (bicyclic) bond motifs is 4. The Hall–Kier alpha value is -6.52. The van der Waals surface area contributed by atoms with E-state index in [-0.39, 0.29) is 14.5 Å². The summed E-state index contributed by atoms with van der Waals surface area (Å²) in [5.41, 5.74) is 9.85. The third-order valence-electron chi connectivity index (χ3n) is 9.72. The van der Waals surface area contributed by atoms with E-state index in [0.29, 0.717) is 17.5 Å². The summed E-state index contributed by atoms with van der Waals surface area (Å²) in [7, 11) is 0. The average Bonchev–Trinajstić information content (AvgIpc) is 3.69. The average molecular weight is 742 g/mol. The van der Waals surface area contributed by atoms with Gasteiger partial charge in [0.2, 0.25) is 0 Å². The van der Waals surface area contributed by atoms with Crippen molar-refractivity contribution in [3.8, 4) is 66.5 Å². The van der Waals surface area contributed by atoms with E-state index in [1.54, 1.807) is 0 Å². The fourth-order valence-corrected chi connectivity index (χ4v) is 9.38. The Morgan fingerprint density at radius 2 is 0.887 bits per heavy atom. The molecule has 0 aliphatic carbocycles. The SMILES string of the molecule is c1ccc(-c2cccc(-c3nc4ccc5cc(-c6cc(-c7nc(-c8ccccc8)nc(-c8ccccc8)n7)cc7ccccc67)ccc5c4[se]3)c2)cc1. The van der Waals surface area contributed by atoms with E-state index >= 15 is 0 Å². The molecule has 53 heavy (non-hydrogen) atoms. The first-order valence-corrected chi connectivity index (χ1v) is 19.3. The molecule has 4 nitrogen and oxygen atoms in total. The molecule has 0 amide bonds. The summed E-state index contributed by atoms with van der Waals surface area (Å²) in [4.78, 5) is 20.2. The van der Waals surface area contributed by atoms with Crippen molar-refractivity contribution in [3.05, 3.63) is 182 Å². The number of hydrogen-bond acceptors (Lipinski definition) is 4. The first kappa shape index (κ1) is 31.2. The summed E-state index contributed by atoms with van der Waals surface area (Å²) in [6.45, 7) is 0. The van der Waals surface area contributed by atoms with Crippen LogP contribution in [0.25, 0.3) is 97.9 Å². The zero-order valence-electron chi connectivity index (χ0n) is 28.5. The van der Waals surface area contributed by atoms with Crippen molar-refractivity contribution in [1.82, 2.24) is 19.9 Å².